The second-order valence-corrected chi connectivity index (χ2v) is 8.16. The summed E-state index contributed by atoms with van der Waals surface area (Å²) in [6.45, 7) is 8.84. The van der Waals surface area contributed by atoms with Gasteiger partial charge in [-0.05, 0) is 41.3 Å². The molecule has 0 spiro atoms. The van der Waals surface area contributed by atoms with Gasteiger partial charge in [-0.15, -0.1) is 0 Å². The number of ether oxygens (including phenoxy) is 2. The van der Waals surface area contributed by atoms with Crippen LogP contribution in [0.2, 0.25) is 0 Å². The Morgan fingerprint density at radius 1 is 0.963 bits per heavy atom. The zero-order valence-electron chi connectivity index (χ0n) is 17.2. The third-order valence-corrected chi connectivity index (χ3v) is 4.53. The van der Waals surface area contributed by atoms with Gasteiger partial charge in [0.25, 0.3) is 0 Å². The van der Waals surface area contributed by atoms with Gasteiger partial charge in [0.15, 0.2) is 0 Å². The van der Waals surface area contributed by atoms with E-state index >= 15 is 0 Å². The summed E-state index contributed by atoms with van der Waals surface area (Å²) in [5.74, 6) is 0.830. The maximum atomic E-state index is 10.2. The third kappa shape index (κ3) is 7.33. The highest BCUT2D eigenvalue weighted by atomic mass is 16.5. The Bertz CT molecular complexity index is 674. The Morgan fingerprint density at radius 3 is 2.11 bits per heavy atom. The van der Waals surface area contributed by atoms with Crippen LogP contribution in [-0.4, -0.2) is 43.4 Å². The molecule has 4 heteroatoms. The van der Waals surface area contributed by atoms with Crippen molar-refractivity contribution in [2.45, 2.75) is 45.4 Å². The molecule has 2 aromatic carbocycles. The summed E-state index contributed by atoms with van der Waals surface area (Å²) in [7, 11) is 3.67. The first-order valence-electron chi connectivity index (χ1n) is 9.44. The van der Waals surface area contributed by atoms with E-state index in [2.05, 4.69) is 49.9 Å². The molecule has 148 valence electrons. The molecule has 2 rings (SSSR count). The smallest absolute Gasteiger partial charge is 0.118 e. The van der Waals surface area contributed by atoms with Gasteiger partial charge in [0.2, 0.25) is 0 Å². The number of hydrogen-bond donors (Lipinski definition) is 1. The fourth-order valence-electron chi connectivity index (χ4n) is 2.93. The van der Waals surface area contributed by atoms with Crippen molar-refractivity contribution in [2.24, 2.45) is 0 Å². The van der Waals surface area contributed by atoms with Gasteiger partial charge in [0, 0.05) is 13.1 Å². The largest absolute Gasteiger partial charge is 0.497 e. The molecule has 0 aliphatic carbocycles. The van der Waals surface area contributed by atoms with Crippen LogP contribution in [0.3, 0.4) is 0 Å². The number of likely N-dealkylation sites (N-methyl/N-ethyl adjacent to an activating group) is 1. The van der Waals surface area contributed by atoms with Crippen LogP contribution >= 0.6 is 0 Å². The normalized spacial score (nSPS) is 13.0. The highest BCUT2D eigenvalue weighted by molar-refractivity contribution is 5.28. The molecule has 4 nitrogen and oxygen atoms in total. The Labute approximate surface area is 163 Å². The molecule has 0 aliphatic rings. The average molecular weight is 372 g/mol. The molecule has 0 saturated heterocycles. The number of aliphatic hydroxyl groups excluding tert-OH is 1. The molecule has 2 aromatic rings. The predicted octanol–water partition coefficient (Wildman–Crippen LogP) is 4.00. The maximum absolute atomic E-state index is 10.2. The average Bonchev–Trinajstić information content (AvgIpc) is 2.62. The van der Waals surface area contributed by atoms with Crippen LogP contribution in [0.25, 0.3) is 0 Å². The SMILES string of the molecule is COc1ccc(COC[C@H](O)CN(C)Cc2ccc(C(C)(C)C)cc2)cc1. The minimum absolute atomic E-state index is 0.169. The van der Waals surface area contributed by atoms with E-state index in [1.165, 1.54) is 11.1 Å². The monoisotopic (exact) mass is 371 g/mol. The zero-order chi connectivity index (χ0) is 19.9. The van der Waals surface area contributed by atoms with Crippen LogP contribution in [0.4, 0.5) is 0 Å². The number of rotatable bonds is 9. The minimum Gasteiger partial charge on any atom is -0.497 e. The molecule has 1 N–H and O–H groups in total. The Hall–Kier alpha value is -1.88. The van der Waals surface area contributed by atoms with E-state index in [9.17, 15) is 5.11 Å². The lowest BCUT2D eigenvalue weighted by atomic mass is 9.87. The molecule has 0 saturated carbocycles. The van der Waals surface area contributed by atoms with Crippen molar-refractivity contribution < 1.29 is 14.6 Å². The summed E-state index contributed by atoms with van der Waals surface area (Å²) in [5, 5.41) is 10.2. The lowest BCUT2D eigenvalue weighted by Gasteiger charge is -2.22. The van der Waals surface area contributed by atoms with Crippen molar-refractivity contribution in [1.29, 1.82) is 0 Å². The molecule has 0 radical (unpaired) electrons. The van der Waals surface area contributed by atoms with E-state index in [-0.39, 0.29) is 5.41 Å². The van der Waals surface area contributed by atoms with Crippen LogP contribution in [0.15, 0.2) is 48.5 Å². The van der Waals surface area contributed by atoms with Crippen LogP contribution in [0.1, 0.15) is 37.5 Å². The summed E-state index contributed by atoms with van der Waals surface area (Å²) in [5.41, 5.74) is 3.81. The molecule has 0 heterocycles. The molecule has 0 aromatic heterocycles. The Balaban J connectivity index is 1.72. The summed E-state index contributed by atoms with van der Waals surface area (Å²) >= 11 is 0. The molecule has 0 bridgehead atoms. The summed E-state index contributed by atoms with van der Waals surface area (Å²) in [6.07, 6.45) is -0.512. The molecule has 0 amide bonds. The first-order chi connectivity index (χ1) is 12.8. The van der Waals surface area contributed by atoms with Crippen molar-refractivity contribution in [2.75, 3.05) is 27.3 Å². The highest BCUT2D eigenvalue weighted by Crippen LogP contribution is 2.22. The fraction of sp³-hybridized carbons (Fsp3) is 0.478. The number of hydrogen-bond acceptors (Lipinski definition) is 4. The van der Waals surface area contributed by atoms with E-state index in [1.807, 2.05) is 31.3 Å². The standard InChI is InChI=1S/C23H33NO3/c1-23(2,3)20-10-6-18(7-11-20)14-24(4)15-21(25)17-27-16-19-8-12-22(26-5)13-9-19/h6-13,21,25H,14-17H2,1-5H3/t21-/m1/s1. The van der Waals surface area contributed by atoms with Gasteiger partial charge in [-0.3, -0.25) is 4.90 Å². The molecular weight excluding hydrogens is 338 g/mol. The van der Waals surface area contributed by atoms with Crippen LogP contribution in [0.5, 0.6) is 5.75 Å². The fourth-order valence-corrected chi connectivity index (χ4v) is 2.93. The summed E-state index contributed by atoms with van der Waals surface area (Å²) in [4.78, 5) is 2.12. The second-order valence-electron chi connectivity index (χ2n) is 8.16. The van der Waals surface area contributed by atoms with E-state index in [1.54, 1.807) is 7.11 Å². The lowest BCUT2D eigenvalue weighted by Crippen LogP contribution is -2.31. The van der Waals surface area contributed by atoms with Gasteiger partial charge in [0.1, 0.15) is 5.75 Å². The summed E-state index contributed by atoms with van der Waals surface area (Å²) in [6, 6.07) is 16.5. The highest BCUT2D eigenvalue weighted by Gasteiger charge is 2.14. The van der Waals surface area contributed by atoms with Crippen molar-refractivity contribution >= 4 is 0 Å². The number of methoxy groups -OCH3 is 1. The van der Waals surface area contributed by atoms with Gasteiger partial charge < -0.3 is 14.6 Å². The van der Waals surface area contributed by atoms with Crippen molar-refractivity contribution in [3.63, 3.8) is 0 Å². The van der Waals surface area contributed by atoms with Gasteiger partial charge in [-0.2, -0.15) is 0 Å². The molecule has 1 atom stereocenters. The van der Waals surface area contributed by atoms with Crippen molar-refractivity contribution in [3.05, 3.63) is 65.2 Å². The van der Waals surface area contributed by atoms with Gasteiger partial charge >= 0.3 is 0 Å². The predicted molar refractivity (Wildman–Crippen MR) is 110 cm³/mol. The second kappa shape index (κ2) is 9.88. The van der Waals surface area contributed by atoms with Gasteiger partial charge in [-0.1, -0.05) is 57.2 Å². The molecule has 0 unspecified atom stereocenters. The van der Waals surface area contributed by atoms with Crippen LogP contribution < -0.4 is 4.74 Å². The van der Waals surface area contributed by atoms with E-state index in [4.69, 9.17) is 9.47 Å². The number of benzene rings is 2. The quantitative estimate of drug-likeness (QED) is 0.723. The topological polar surface area (TPSA) is 41.9 Å². The number of nitrogens with zero attached hydrogens (tertiary/aromatic N) is 1. The van der Waals surface area contributed by atoms with E-state index < -0.39 is 6.10 Å². The van der Waals surface area contributed by atoms with Gasteiger partial charge in [-0.25, -0.2) is 0 Å². The third-order valence-electron chi connectivity index (χ3n) is 4.53. The summed E-state index contributed by atoms with van der Waals surface area (Å²) < 4.78 is 10.8. The molecule has 0 fully saturated rings. The van der Waals surface area contributed by atoms with E-state index in [0.29, 0.717) is 19.8 Å². The van der Waals surface area contributed by atoms with Crippen molar-refractivity contribution in [1.82, 2.24) is 4.90 Å². The Kier molecular flexibility index (Phi) is 7.84. The van der Waals surface area contributed by atoms with E-state index in [0.717, 1.165) is 17.9 Å². The minimum atomic E-state index is -0.512. The first kappa shape index (κ1) is 21.4. The first-order valence-corrected chi connectivity index (χ1v) is 9.44. The van der Waals surface area contributed by atoms with Crippen molar-refractivity contribution in [3.8, 4) is 5.75 Å². The maximum Gasteiger partial charge on any atom is 0.118 e. The van der Waals surface area contributed by atoms with Crippen LogP contribution in [-0.2, 0) is 23.3 Å². The number of aliphatic hydroxyl groups is 1. The lowest BCUT2D eigenvalue weighted by molar-refractivity contribution is 0.0127. The molecule has 27 heavy (non-hydrogen) atoms. The zero-order valence-corrected chi connectivity index (χ0v) is 17.2. The molecular formula is C23H33NO3. The Morgan fingerprint density at radius 2 is 1.56 bits per heavy atom. The van der Waals surface area contributed by atoms with Crippen LogP contribution in [0, 0.1) is 0 Å². The van der Waals surface area contributed by atoms with Gasteiger partial charge in [0.05, 0.1) is 26.4 Å². The molecule has 0 aliphatic heterocycles.